The Morgan fingerprint density at radius 3 is 2.30 bits per heavy atom. The normalized spacial score (nSPS) is 18.4. The van der Waals surface area contributed by atoms with Crippen molar-refractivity contribution in [3.05, 3.63) is 35.9 Å². The van der Waals surface area contributed by atoms with Crippen LogP contribution in [0.15, 0.2) is 30.3 Å². The van der Waals surface area contributed by atoms with Crippen LogP contribution in [0, 0.1) is 5.92 Å². The molecule has 0 bridgehead atoms. The molecule has 1 N–H and O–H groups in total. The third-order valence-corrected chi connectivity index (χ3v) is 4.52. The standard InChI is InChI=1S/C18H27NO/c1-14(2)10-11-15(3)19-17(20)18(12-7-13-18)16-8-5-4-6-9-16/h4-6,8-9,14-15H,7,10-13H2,1-3H3,(H,19,20). The molecular formula is C18H27NO. The van der Waals surface area contributed by atoms with E-state index in [2.05, 4.69) is 38.2 Å². The van der Waals surface area contributed by atoms with Crippen LogP contribution in [-0.2, 0) is 10.2 Å². The van der Waals surface area contributed by atoms with Crippen molar-refractivity contribution in [3.8, 4) is 0 Å². The van der Waals surface area contributed by atoms with Crippen LogP contribution in [0.4, 0.5) is 0 Å². The van der Waals surface area contributed by atoms with E-state index < -0.39 is 0 Å². The molecule has 110 valence electrons. The number of hydrogen-bond acceptors (Lipinski definition) is 1. The Hall–Kier alpha value is -1.31. The van der Waals surface area contributed by atoms with Crippen LogP contribution in [0.25, 0.3) is 0 Å². The summed E-state index contributed by atoms with van der Waals surface area (Å²) in [5, 5.41) is 3.24. The van der Waals surface area contributed by atoms with E-state index in [1.54, 1.807) is 0 Å². The quantitative estimate of drug-likeness (QED) is 0.832. The number of benzene rings is 1. The molecule has 0 spiro atoms. The van der Waals surface area contributed by atoms with Crippen molar-refractivity contribution in [2.45, 2.75) is 64.3 Å². The van der Waals surface area contributed by atoms with Gasteiger partial charge in [0.15, 0.2) is 0 Å². The van der Waals surface area contributed by atoms with E-state index in [1.807, 2.05) is 18.2 Å². The number of amides is 1. The maximum absolute atomic E-state index is 12.7. The minimum absolute atomic E-state index is 0.228. The molecule has 1 saturated carbocycles. The molecule has 20 heavy (non-hydrogen) atoms. The first-order valence-corrected chi connectivity index (χ1v) is 7.91. The average Bonchev–Trinajstić information content (AvgIpc) is 2.36. The van der Waals surface area contributed by atoms with Crippen molar-refractivity contribution in [3.63, 3.8) is 0 Å². The van der Waals surface area contributed by atoms with E-state index in [0.29, 0.717) is 5.92 Å². The van der Waals surface area contributed by atoms with Crippen molar-refractivity contribution in [1.82, 2.24) is 5.32 Å². The van der Waals surface area contributed by atoms with E-state index in [1.165, 1.54) is 12.0 Å². The molecular weight excluding hydrogens is 246 g/mol. The van der Waals surface area contributed by atoms with Crippen LogP contribution in [0.1, 0.15) is 58.4 Å². The SMILES string of the molecule is CC(C)CCC(C)NC(=O)C1(c2ccccc2)CCC1. The fourth-order valence-corrected chi connectivity index (χ4v) is 2.95. The van der Waals surface area contributed by atoms with Gasteiger partial charge in [-0.25, -0.2) is 0 Å². The van der Waals surface area contributed by atoms with Gasteiger partial charge in [-0.1, -0.05) is 50.6 Å². The summed E-state index contributed by atoms with van der Waals surface area (Å²) in [5.74, 6) is 0.923. The average molecular weight is 273 g/mol. The Bertz CT molecular complexity index is 434. The number of hydrogen-bond donors (Lipinski definition) is 1. The fourth-order valence-electron chi connectivity index (χ4n) is 2.95. The van der Waals surface area contributed by atoms with Crippen molar-refractivity contribution in [1.29, 1.82) is 0 Å². The summed E-state index contributed by atoms with van der Waals surface area (Å²) < 4.78 is 0. The summed E-state index contributed by atoms with van der Waals surface area (Å²) in [6, 6.07) is 10.5. The molecule has 0 radical (unpaired) electrons. The minimum Gasteiger partial charge on any atom is -0.353 e. The van der Waals surface area contributed by atoms with Crippen LogP contribution < -0.4 is 5.32 Å². The van der Waals surface area contributed by atoms with Gasteiger partial charge in [0.1, 0.15) is 0 Å². The van der Waals surface area contributed by atoms with Gasteiger partial charge in [-0.2, -0.15) is 0 Å². The van der Waals surface area contributed by atoms with Gasteiger partial charge >= 0.3 is 0 Å². The predicted octanol–water partition coefficient (Wildman–Crippen LogP) is 4.05. The lowest BCUT2D eigenvalue weighted by Gasteiger charge is -2.41. The summed E-state index contributed by atoms with van der Waals surface area (Å²) in [6.07, 6.45) is 5.36. The Labute approximate surface area is 123 Å². The van der Waals surface area contributed by atoms with Crippen molar-refractivity contribution >= 4 is 5.91 Å². The van der Waals surface area contributed by atoms with Crippen LogP contribution in [0.2, 0.25) is 0 Å². The third kappa shape index (κ3) is 3.23. The molecule has 1 aromatic carbocycles. The van der Waals surface area contributed by atoms with Gasteiger partial charge in [0.25, 0.3) is 0 Å². The highest BCUT2D eigenvalue weighted by atomic mass is 16.2. The molecule has 1 unspecified atom stereocenters. The smallest absolute Gasteiger partial charge is 0.230 e. The number of nitrogens with one attached hydrogen (secondary N) is 1. The lowest BCUT2D eigenvalue weighted by atomic mass is 9.63. The topological polar surface area (TPSA) is 29.1 Å². The highest BCUT2D eigenvalue weighted by Crippen LogP contribution is 2.44. The molecule has 1 aliphatic carbocycles. The van der Waals surface area contributed by atoms with Crippen LogP contribution >= 0.6 is 0 Å². The predicted molar refractivity (Wildman–Crippen MR) is 83.6 cm³/mol. The summed E-state index contributed by atoms with van der Waals surface area (Å²) in [6.45, 7) is 6.58. The highest BCUT2D eigenvalue weighted by molar-refractivity contribution is 5.89. The first-order chi connectivity index (χ1) is 9.54. The van der Waals surface area contributed by atoms with Crippen LogP contribution in [0.3, 0.4) is 0 Å². The summed E-state index contributed by atoms with van der Waals surface area (Å²) >= 11 is 0. The zero-order valence-corrected chi connectivity index (χ0v) is 13.0. The summed E-state index contributed by atoms with van der Waals surface area (Å²) in [7, 11) is 0. The van der Waals surface area contributed by atoms with Gasteiger partial charge in [0.2, 0.25) is 5.91 Å². The minimum atomic E-state index is -0.257. The first-order valence-electron chi connectivity index (χ1n) is 7.91. The second-order valence-corrected chi connectivity index (χ2v) is 6.65. The molecule has 1 atom stereocenters. The lowest BCUT2D eigenvalue weighted by Crippen LogP contribution is -2.51. The molecule has 0 saturated heterocycles. The molecule has 0 aromatic heterocycles. The monoisotopic (exact) mass is 273 g/mol. The van der Waals surface area contributed by atoms with Gasteiger partial charge in [0, 0.05) is 6.04 Å². The summed E-state index contributed by atoms with van der Waals surface area (Å²) in [4.78, 5) is 12.7. The Balaban J connectivity index is 2.00. The molecule has 2 nitrogen and oxygen atoms in total. The Kier molecular flexibility index (Phi) is 4.85. The van der Waals surface area contributed by atoms with Gasteiger partial charge < -0.3 is 5.32 Å². The zero-order valence-electron chi connectivity index (χ0n) is 13.0. The third-order valence-electron chi connectivity index (χ3n) is 4.52. The molecule has 1 amide bonds. The van der Waals surface area contributed by atoms with Gasteiger partial charge in [-0.3, -0.25) is 4.79 Å². The second-order valence-electron chi connectivity index (χ2n) is 6.65. The summed E-state index contributed by atoms with van der Waals surface area (Å²) in [5.41, 5.74) is 0.924. The second kappa shape index (κ2) is 6.43. The molecule has 1 fully saturated rings. The molecule has 2 rings (SSSR count). The molecule has 0 aliphatic heterocycles. The van der Waals surface area contributed by atoms with Crippen LogP contribution in [-0.4, -0.2) is 11.9 Å². The van der Waals surface area contributed by atoms with E-state index in [9.17, 15) is 4.79 Å². The van der Waals surface area contributed by atoms with E-state index in [-0.39, 0.29) is 17.4 Å². The molecule has 1 aliphatic rings. The Morgan fingerprint density at radius 1 is 1.15 bits per heavy atom. The molecule has 0 heterocycles. The maximum atomic E-state index is 12.7. The number of rotatable bonds is 6. The van der Waals surface area contributed by atoms with Crippen molar-refractivity contribution < 1.29 is 4.79 Å². The Morgan fingerprint density at radius 2 is 1.80 bits per heavy atom. The lowest BCUT2D eigenvalue weighted by molar-refractivity contribution is -0.130. The number of carbonyl (C=O) groups excluding carboxylic acids is 1. The molecule has 2 heteroatoms. The maximum Gasteiger partial charge on any atom is 0.230 e. The van der Waals surface area contributed by atoms with Crippen molar-refractivity contribution in [2.75, 3.05) is 0 Å². The largest absolute Gasteiger partial charge is 0.353 e. The van der Waals surface area contributed by atoms with Crippen molar-refractivity contribution in [2.24, 2.45) is 5.92 Å². The van der Waals surface area contributed by atoms with Gasteiger partial charge in [-0.05, 0) is 44.1 Å². The molecule has 1 aromatic rings. The van der Waals surface area contributed by atoms with Crippen LogP contribution in [0.5, 0.6) is 0 Å². The van der Waals surface area contributed by atoms with Gasteiger partial charge in [0.05, 0.1) is 5.41 Å². The van der Waals surface area contributed by atoms with E-state index in [0.717, 1.165) is 25.7 Å². The van der Waals surface area contributed by atoms with Gasteiger partial charge in [-0.15, -0.1) is 0 Å². The van der Waals surface area contributed by atoms with E-state index in [4.69, 9.17) is 0 Å². The fraction of sp³-hybridized carbons (Fsp3) is 0.611. The zero-order chi connectivity index (χ0) is 14.6. The van der Waals surface area contributed by atoms with E-state index >= 15 is 0 Å². The number of carbonyl (C=O) groups is 1. The highest BCUT2D eigenvalue weighted by Gasteiger charge is 2.45. The first kappa shape index (κ1) is 15.1.